The normalized spacial score (nSPS) is 10.3. The molecule has 1 aromatic heterocycles. The minimum Gasteiger partial charge on any atom is -0.321 e. The molecule has 0 unspecified atom stereocenters. The van der Waals surface area contributed by atoms with E-state index in [2.05, 4.69) is 26.2 Å². The van der Waals surface area contributed by atoms with Crippen molar-refractivity contribution in [2.45, 2.75) is 6.92 Å². The maximum absolute atomic E-state index is 12.1. The van der Waals surface area contributed by atoms with Crippen LogP contribution in [-0.2, 0) is 0 Å². The van der Waals surface area contributed by atoms with Crippen LogP contribution < -0.4 is 5.32 Å². The van der Waals surface area contributed by atoms with Crippen LogP contribution in [0, 0.1) is 6.92 Å². The molecule has 0 aliphatic carbocycles. The molecule has 1 N–H and O–H groups in total. The van der Waals surface area contributed by atoms with Gasteiger partial charge in [0.15, 0.2) is 0 Å². The van der Waals surface area contributed by atoms with E-state index in [0.717, 1.165) is 4.47 Å². The van der Waals surface area contributed by atoms with E-state index in [4.69, 9.17) is 23.2 Å². The minimum atomic E-state index is -0.281. The summed E-state index contributed by atoms with van der Waals surface area (Å²) in [5.41, 5.74) is 1.66. The topological polar surface area (TPSA) is 42.0 Å². The van der Waals surface area contributed by atoms with Crippen molar-refractivity contribution >= 4 is 50.7 Å². The number of amides is 1. The summed E-state index contributed by atoms with van der Waals surface area (Å²) in [6.45, 7) is 1.77. The summed E-state index contributed by atoms with van der Waals surface area (Å²) in [5.74, 6) is -0.281. The van der Waals surface area contributed by atoms with E-state index >= 15 is 0 Å². The smallest absolute Gasteiger partial charge is 0.255 e. The zero-order valence-corrected chi connectivity index (χ0v) is 13.0. The van der Waals surface area contributed by atoms with Crippen molar-refractivity contribution in [1.82, 2.24) is 4.98 Å². The number of aryl methyl sites for hydroxylation is 1. The van der Waals surface area contributed by atoms with Crippen LogP contribution in [0.15, 0.2) is 34.8 Å². The number of nitrogens with one attached hydrogen (secondary N) is 1. The molecular weight excluding hydrogens is 351 g/mol. The second-order valence-electron chi connectivity index (χ2n) is 3.90. The molecule has 0 saturated heterocycles. The van der Waals surface area contributed by atoms with Gasteiger partial charge in [-0.25, -0.2) is 4.98 Å². The molecule has 0 fully saturated rings. The van der Waals surface area contributed by atoms with Gasteiger partial charge in [0.1, 0.15) is 5.15 Å². The molecule has 0 saturated carbocycles. The van der Waals surface area contributed by atoms with Gasteiger partial charge in [-0.3, -0.25) is 4.79 Å². The predicted molar refractivity (Wildman–Crippen MR) is 81.1 cm³/mol. The molecule has 0 aliphatic heterocycles. The molecule has 6 heteroatoms. The average Bonchev–Trinajstić information content (AvgIpc) is 2.31. The molecule has 0 spiro atoms. The van der Waals surface area contributed by atoms with Crippen molar-refractivity contribution in [2.24, 2.45) is 0 Å². The highest BCUT2D eigenvalue weighted by Gasteiger charge is 2.10. The molecular formula is C13H9BrCl2N2O. The van der Waals surface area contributed by atoms with Gasteiger partial charge in [-0.05, 0) is 37.3 Å². The Morgan fingerprint density at radius 2 is 2.00 bits per heavy atom. The molecule has 1 aromatic carbocycles. The highest BCUT2D eigenvalue weighted by molar-refractivity contribution is 9.10. The van der Waals surface area contributed by atoms with Crippen molar-refractivity contribution in [3.8, 4) is 0 Å². The molecule has 2 rings (SSSR count). The van der Waals surface area contributed by atoms with Crippen LogP contribution >= 0.6 is 39.1 Å². The number of benzene rings is 1. The standard InChI is InChI=1S/C13H9BrCl2N2O/c1-7-4-8(5-12(16)17-7)13(19)18-11-3-2-9(14)6-10(11)15/h2-6H,1H3,(H,18,19). The Morgan fingerprint density at radius 3 is 2.63 bits per heavy atom. The van der Waals surface area contributed by atoms with Gasteiger partial charge < -0.3 is 5.32 Å². The van der Waals surface area contributed by atoms with Crippen molar-refractivity contribution in [3.05, 3.63) is 56.2 Å². The summed E-state index contributed by atoms with van der Waals surface area (Å²) in [4.78, 5) is 16.1. The van der Waals surface area contributed by atoms with Crippen molar-refractivity contribution in [2.75, 3.05) is 5.32 Å². The lowest BCUT2D eigenvalue weighted by molar-refractivity contribution is 0.102. The van der Waals surface area contributed by atoms with Crippen molar-refractivity contribution in [1.29, 1.82) is 0 Å². The third-order valence-corrected chi connectivity index (χ3v) is 3.36. The van der Waals surface area contributed by atoms with Gasteiger partial charge in [0.25, 0.3) is 5.91 Å². The number of halogens is 3. The molecule has 3 nitrogen and oxygen atoms in total. The van der Waals surface area contributed by atoms with E-state index in [1.807, 2.05) is 0 Å². The van der Waals surface area contributed by atoms with Gasteiger partial charge in [0, 0.05) is 15.7 Å². The highest BCUT2D eigenvalue weighted by Crippen LogP contribution is 2.26. The highest BCUT2D eigenvalue weighted by atomic mass is 79.9. The van der Waals surface area contributed by atoms with Crippen LogP contribution in [-0.4, -0.2) is 10.9 Å². The largest absolute Gasteiger partial charge is 0.321 e. The molecule has 1 heterocycles. The lowest BCUT2D eigenvalue weighted by Crippen LogP contribution is -2.12. The lowest BCUT2D eigenvalue weighted by Gasteiger charge is -2.08. The molecule has 1 amide bonds. The lowest BCUT2D eigenvalue weighted by atomic mass is 10.2. The molecule has 2 aromatic rings. The van der Waals surface area contributed by atoms with Crippen LogP contribution in [0.4, 0.5) is 5.69 Å². The Labute approximate surface area is 129 Å². The van der Waals surface area contributed by atoms with Crippen molar-refractivity contribution in [3.63, 3.8) is 0 Å². The Hall–Kier alpha value is -1.10. The maximum Gasteiger partial charge on any atom is 0.255 e. The molecule has 0 atom stereocenters. The summed E-state index contributed by atoms with van der Waals surface area (Å²) in [5, 5.41) is 3.47. The Bertz CT molecular complexity index is 626. The molecule has 0 bridgehead atoms. The SMILES string of the molecule is Cc1cc(C(=O)Nc2ccc(Br)cc2Cl)cc(Cl)n1. The first-order valence-corrected chi connectivity index (χ1v) is 6.91. The van der Waals surface area contributed by atoms with Gasteiger partial charge in [-0.1, -0.05) is 39.1 Å². The van der Waals surface area contributed by atoms with Gasteiger partial charge in [-0.15, -0.1) is 0 Å². The van der Waals surface area contributed by atoms with E-state index in [1.165, 1.54) is 6.07 Å². The first-order valence-electron chi connectivity index (χ1n) is 5.36. The maximum atomic E-state index is 12.1. The van der Waals surface area contributed by atoms with Crippen LogP contribution in [0.3, 0.4) is 0 Å². The Kier molecular flexibility index (Phi) is 4.45. The zero-order chi connectivity index (χ0) is 14.0. The second kappa shape index (κ2) is 5.90. The van der Waals surface area contributed by atoms with Crippen LogP contribution in [0.25, 0.3) is 0 Å². The number of anilines is 1. The Balaban J connectivity index is 2.25. The van der Waals surface area contributed by atoms with Gasteiger partial charge in [0.2, 0.25) is 0 Å². The van der Waals surface area contributed by atoms with E-state index in [-0.39, 0.29) is 11.1 Å². The van der Waals surface area contributed by atoms with Gasteiger partial charge >= 0.3 is 0 Å². The molecule has 19 heavy (non-hydrogen) atoms. The van der Waals surface area contributed by atoms with Gasteiger partial charge in [-0.2, -0.15) is 0 Å². The summed E-state index contributed by atoms with van der Waals surface area (Å²) >= 11 is 15.2. The fourth-order valence-electron chi connectivity index (χ4n) is 1.54. The number of carbonyl (C=O) groups excluding carboxylic acids is 1. The number of aromatic nitrogens is 1. The molecule has 0 aliphatic rings. The monoisotopic (exact) mass is 358 g/mol. The first kappa shape index (κ1) is 14.3. The van der Waals surface area contributed by atoms with Crippen LogP contribution in [0.5, 0.6) is 0 Å². The molecule has 0 radical (unpaired) electrons. The Morgan fingerprint density at radius 1 is 1.26 bits per heavy atom. The quantitative estimate of drug-likeness (QED) is 0.789. The second-order valence-corrected chi connectivity index (χ2v) is 5.61. The number of hydrogen-bond donors (Lipinski definition) is 1. The number of pyridine rings is 1. The number of carbonyl (C=O) groups is 1. The third kappa shape index (κ3) is 3.69. The fraction of sp³-hybridized carbons (Fsp3) is 0.0769. The summed E-state index contributed by atoms with van der Waals surface area (Å²) in [6, 6.07) is 8.40. The average molecular weight is 360 g/mol. The summed E-state index contributed by atoms with van der Waals surface area (Å²) in [7, 11) is 0. The third-order valence-electron chi connectivity index (χ3n) is 2.36. The van der Waals surface area contributed by atoms with Gasteiger partial charge in [0.05, 0.1) is 10.7 Å². The van der Waals surface area contributed by atoms with E-state index in [1.54, 1.807) is 31.2 Å². The molecule has 98 valence electrons. The van der Waals surface area contributed by atoms with Crippen LogP contribution in [0.2, 0.25) is 10.2 Å². The summed E-state index contributed by atoms with van der Waals surface area (Å²) < 4.78 is 0.846. The predicted octanol–water partition coefficient (Wildman–Crippen LogP) is 4.71. The van der Waals surface area contributed by atoms with Crippen molar-refractivity contribution < 1.29 is 4.79 Å². The summed E-state index contributed by atoms with van der Waals surface area (Å²) in [6.07, 6.45) is 0. The minimum absolute atomic E-state index is 0.281. The zero-order valence-electron chi connectivity index (χ0n) is 9.88. The number of rotatable bonds is 2. The fourth-order valence-corrected chi connectivity index (χ4v) is 2.52. The number of nitrogens with zero attached hydrogens (tertiary/aromatic N) is 1. The number of hydrogen-bond acceptors (Lipinski definition) is 2. The first-order chi connectivity index (χ1) is 8.95. The van der Waals surface area contributed by atoms with E-state index in [9.17, 15) is 4.79 Å². The van der Waals surface area contributed by atoms with E-state index in [0.29, 0.717) is 22.0 Å². The van der Waals surface area contributed by atoms with Crippen LogP contribution in [0.1, 0.15) is 16.1 Å². The van der Waals surface area contributed by atoms with E-state index < -0.39 is 0 Å².